The number of aryl methyl sites for hydroxylation is 1. The molecule has 1 aliphatic carbocycles. The fraction of sp³-hybridized carbons (Fsp3) is 0.688. The lowest BCUT2D eigenvalue weighted by atomic mass is 9.69. The molecular weight excluding hydrogens is 256 g/mol. The Balaban J connectivity index is 1.97. The van der Waals surface area contributed by atoms with Crippen LogP contribution in [-0.2, 0) is 11.2 Å². The third-order valence-corrected chi connectivity index (χ3v) is 5.56. The molecule has 3 unspecified atom stereocenters. The molecule has 0 aliphatic heterocycles. The maximum Gasteiger partial charge on any atom is 0.306 e. The summed E-state index contributed by atoms with van der Waals surface area (Å²) >= 11 is 1.78. The Bertz CT molecular complexity index is 397. The maximum atomic E-state index is 11.4. The normalized spacial score (nSPS) is 27.6. The molecule has 2 rings (SSSR count). The van der Waals surface area contributed by atoms with Gasteiger partial charge in [-0.05, 0) is 61.3 Å². The van der Waals surface area contributed by atoms with E-state index in [1.54, 1.807) is 11.3 Å². The molecule has 3 heteroatoms. The van der Waals surface area contributed by atoms with Crippen LogP contribution in [0.15, 0.2) is 17.5 Å². The third-order valence-electron chi connectivity index (χ3n) is 4.62. The Morgan fingerprint density at radius 2 is 2.26 bits per heavy atom. The average Bonchev–Trinajstić information content (AvgIpc) is 2.88. The van der Waals surface area contributed by atoms with E-state index in [1.807, 2.05) is 0 Å². The zero-order chi connectivity index (χ0) is 13.8. The highest BCUT2D eigenvalue weighted by Crippen LogP contribution is 2.40. The minimum atomic E-state index is -0.585. The lowest BCUT2D eigenvalue weighted by Crippen LogP contribution is -2.32. The largest absolute Gasteiger partial charge is 0.481 e. The molecule has 0 saturated heterocycles. The van der Waals surface area contributed by atoms with Crippen molar-refractivity contribution in [3.8, 4) is 0 Å². The van der Waals surface area contributed by atoms with Crippen molar-refractivity contribution in [3.63, 3.8) is 0 Å². The summed E-state index contributed by atoms with van der Waals surface area (Å²) < 4.78 is 0. The molecule has 0 amide bonds. The van der Waals surface area contributed by atoms with Gasteiger partial charge in [-0.25, -0.2) is 0 Å². The number of aliphatic carboxylic acids is 1. The van der Waals surface area contributed by atoms with E-state index < -0.39 is 5.97 Å². The third kappa shape index (κ3) is 3.82. The van der Waals surface area contributed by atoms with Gasteiger partial charge in [-0.3, -0.25) is 4.79 Å². The summed E-state index contributed by atoms with van der Waals surface area (Å²) in [5.74, 6) is 1.05. The lowest BCUT2D eigenvalue weighted by molar-refractivity contribution is -0.145. The van der Waals surface area contributed by atoms with E-state index in [4.69, 9.17) is 0 Å². The van der Waals surface area contributed by atoms with Crippen LogP contribution in [0.4, 0.5) is 0 Å². The lowest BCUT2D eigenvalue weighted by Gasteiger charge is -2.36. The zero-order valence-electron chi connectivity index (χ0n) is 11.8. The van der Waals surface area contributed by atoms with Crippen LogP contribution in [0.1, 0.15) is 44.4 Å². The number of rotatable bonds is 5. The van der Waals surface area contributed by atoms with Crippen LogP contribution in [0.5, 0.6) is 0 Å². The molecular formula is C16H24O2S. The standard InChI is InChI=1S/C16H24O2S/c1-11(2)12-6-8-15(16(17)18)13(10-12)5-7-14-4-3-9-19-14/h3-4,9,11-13,15H,5-8,10H2,1-2H3,(H,17,18). The summed E-state index contributed by atoms with van der Waals surface area (Å²) in [5.41, 5.74) is 0. The topological polar surface area (TPSA) is 37.3 Å². The van der Waals surface area contributed by atoms with Crippen LogP contribution in [-0.4, -0.2) is 11.1 Å². The SMILES string of the molecule is CC(C)C1CCC(C(=O)O)C(CCc2cccs2)C1. The highest BCUT2D eigenvalue weighted by molar-refractivity contribution is 7.09. The molecule has 0 spiro atoms. The molecule has 3 atom stereocenters. The molecule has 1 aromatic rings. The molecule has 1 saturated carbocycles. The first-order valence-corrected chi connectivity index (χ1v) is 8.21. The second kappa shape index (κ2) is 6.56. The van der Waals surface area contributed by atoms with Crippen molar-refractivity contribution in [2.75, 3.05) is 0 Å². The molecule has 1 heterocycles. The molecule has 2 nitrogen and oxygen atoms in total. The summed E-state index contributed by atoms with van der Waals surface area (Å²) in [6.45, 7) is 4.53. The van der Waals surface area contributed by atoms with E-state index in [0.717, 1.165) is 32.1 Å². The van der Waals surface area contributed by atoms with Gasteiger partial charge in [0.1, 0.15) is 0 Å². The molecule has 0 aromatic carbocycles. The molecule has 1 aliphatic rings. The van der Waals surface area contributed by atoms with Crippen LogP contribution in [0.3, 0.4) is 0 Å². The summed E-state index contributed by atoms with van der Waals surface area (Å²) in [6.07, 6.45) is 5.12. The highest BCUT2D eigenvalue weighted by atomic mass is 32.1. The Hall–Kier alpha value is -0.830. The van der Waals surface area contributed by atoms with Crippen LogP contribution >= 0.6 is 11.3 Å². The van der Waals surface area contributed by atoms with Gasteiger partial charge in [0.2, 0.25) is 0 Å². The van der Waals surface area contributed by atoms with Gasteiger partial charge in [-0.2, -0.15) is 0 Å². The first kappa shape index (κ1) is 14.6. The van der Waals surface area contributed by atoms with E-state index in [9.17, 15) is 9.90 Å². The van der Waals surface area contributed by atoms with E-state index >= 15 is 0 Å². The van der Waals surface area contributed by atoms with Gasteiger partial charge in [0, 0.05) is 4.88 Å². The van der Waals surface area contributed by atoms with Crippen molar-refractivity contribution < 1.29 is 9.90 Å². The molecule has 106 valence electrons. The van der Waals surface area contributed by atoms with Crippen molar-refractivity contribution in [2.45, 2.75) is 46.0 Å². The summed E-state index contributed by atoms with van der Waals surface area (Å²) in [5, 5.41) is 11.5. The summed E-state index contributed by atoms with van der Waals surface area (Å²) in [4.78, 5) is 12.8. The Morgan fingerprint density at radius 1 is 1.47 bits per heavy atom. The molecule has 1 aromatic heterocycles. The molecule has 19 heavy (non-hydrogen) atoms. The Labute approximate surface area is 119 Å². The quantitative estimate of drug-likeness (QED) is 0.865. The summed E-state index contributed by atoms with van der Waals surface area (Å²) in [6, 6.07) is 4.23. The monoisotopic (exact) mass is 280 g/mol. The van der Waals surface area contributed by atoms with Crippen LogP contribution < -0.4 is 0 Å². The second-order valence-corrected chi connectivity index (χ2v) is 7.17. The van der Waals surface area contributed by atoms with Crippen molar-refractivity contribution in [3.05, 3.63) is 22.4 Å². The summed E-state index contributed by atoms with van der Waals surface area (Å²) in [7, 11) is 0. The van der Waals surface area contributed by atoms with Gasteiger partial charge in [0.15, 0.2) is 0 Å². The number of carbonyl (C=O) groups is 1. The first-order chi connectivity index (χ1) is 9.08. The number of hydrogen-bond donors (Lipinski definition) is 1. The van der Waals surface area contributed by atoms with Crippen molar-refractivity contribution in [1.82, 2.24) is 0 Å². The van der Waals surface area contributed by atoms with Gasteiger partial charge in [0.05, 0.1) is 5.92 Å². The van der Waals surface area contributed by atoms with Crippen molar-refractivity contribution in [1.29, 1.82) is 0 Å². The van der Waals surface area contributed by atoms with Crippen LogP contribution in [0, 0.1) is 23.7 Å². The van der Waals surface area contributed by atoms with Gasteiger partial charge in [0.25, 0.3) is 0 Å². The van der Waals surface area contributed by atoms with Gasteiger partial charge in [-0.15, -0.1) is 11.3 Å². The van der Waals surface area contributed by atoms with E-state index in [0.29, 0.717) is 17.8 Å². The second-order valence-electron chi connectivity index (χ2n) is 6.14. The van der Waals surface area contributed by atoms with Crippen LogP contribution in [0.2, 0.25) is 0 Å². The number of thiophene rings is 1. The average molecular weight is 280 g/mol. The smallest absolute Gasteiger partial charge is 0.306 e. The maximum absolute atomic E-state index is 11.4. The molecule has 1 fully saturated rings. The van der Waals surface area contributed by atoms with E-state index in [-0.39, 0.29) is 5.92 Å². The first-order valence-electron chi connectivity index (χ1n) is 7.33. The Kier molecular flexibility index (Phi) is 5.03. The number of carboxylic acid groups (broad SMARTS) is 1. The minimum Gasteiger partial charge on any atom is -0.481 e. The molecule has 0 bridgehead atoms. The minimum absolute atomic E-state index is 0.116. The van der Waals surface area contributed by atoms with E-state index in [1.165, 1.54) is 4.88 Å². The fourth-order valence-corrected chi connectivity index (χ4v) is 4.06. The predicted molar refractivity (Wildman–Crippen MR) is 79.4 cm³/mol. The van der Waals surface area contributed by atoms with E-state index in [2.05, 4.69) is 31.4 Å². The fourth-order valence-electron chi connectivity index (χ4n) is 3.33. The van der Waals surface area contributed by atoms with Gasteiger partial charge < -0.3 is 5.11 Å². The van der Waals surface area contributed by atoms with Crippen molar-refractivity contribution in [2.24, 2.45) is 23.7 Å². The Morgan fingerprint density at radius 3 is 2.84 bits per heavy atom. The number of carboxylic acids is 1. The highest BCUT2D eigenvalue weighted by Gasteiger charge is 2.35. The predicted octanol–water partition coefficient (Wildman–Crippen LogP) is 4.45. The van der Waals surface area contributed by atoms with Crippen LogP contribution in [0.25, 0.3) is 0 Å². The van der Waals surface area contributed by atoms with Gasteiger partial charge >= 0.3 is 5.97 Å². The van der Waals surface area contributed by atoms with Gasteiger partial charge in [-0.1, -0.05) is 19.9 Å². The van der Waals surface area contributed by atoms with Crippen molar-refractivity contribution >= 4 is 17.3 Å². The molecule has 0 radical (unpaired) electrons. The molecule has 1 N–H and O–H groups in total. The number of hydrogen-bond acceptors (Lipinski definition) is 2. The zero-order valence-corrected chi connectivity index (χ0v) is 12.7.